The molecule has 2 fully saturated rings. The van der Waals surface area contributed by atoms with E-state index < -0.39 is 5.60 Å². The fourth-order valence-corrected chi connectivity index (χ4v) is 3.43. The Morgan fingerprint density at radius 1 is 1.27 bits per heavy atom. The van der Waals surface area contributed by atoms with Gasteiger partial charge in [-0.15, -0.1) is 0 Å². The van der Waals surface area contributed by atoms with E-state index in [1.807, 2.05) is 17.8 Å². The Balaban J connectivity index is 1.53. The summed E-state index contributed by atoms with van der Waals surface area (Å²) < 4.78 is 13.8. The lowest BCUT2D eigenvalue weighted by atomic mass is 10.0. The van der Waals surface area contributed by atoms with Gasteiger partial charge in [-0.25, -0.2) is 15.0 Å². The summed E-state index contributed by atoms with van der Waals surface area (Å²) in [4.78, 5) is 28.8. The quantitative estimate of drug-likeness (QED) is 0.754. The number of ether oxygens (including phenoxy) is 2. The minimum Gasteiger partial charge on any atom is -0.377 e. The number of nitrogens with zero attached hydrogens (tertiary/aromatic N) is 6. The highest BCUT2D eigenvalue weighted by Crippen LogP contribution is 2.27. The van der Waals surface area contributed by atoms with Crippen LogP contribution in [0.2, 0.25) is 0 Å². The number of aromatic nitrogens is 4. The van der Waals surface area contributed by atoms with Gasteiger partial charge in [0, 0.05) is 32.5 Å². The Bertz CT molecular complexity index is 767. The molecular formula is C17H22N6O3. The van der Waals surface area contributed by atoms with Crippen molar-refractivity contribution in [2.75, 3.05) is 44.4 Å². The summed E-state index contributed by atoms with van der Waals surface area (Å²) in [6, 6.07) is 0. The molecule has 0 aromatic carbocycles. The number of hydrogen-bond acceptors (Lipinski definition) is 7. The molecule has 1 unspecified atom stereocenters. The smallest absolute Gasteiger partial charge is 0.253 e. The fraction of sp³-hybridized carbons (Fsp3) is 0.529. The first kappa shape index (κ1) is 17.1. The van der Waals surface area contributed by atoms with Gasteiger partial charge in [0.2, 0.25) is 0 Å². The zero-order chi connectivity index (χ0) is 18.0. The largest absolute Gasteiger partial charge is 0.377 e. The van der Waals surface area contributed by atoms with Gasteiger partial charge in [0.15, 0.2) is 0 Å². The Kier molecular flexibility index (Phi) is 4.66. The van der Waals surface area contributed by atoms with Gasteiger partial charge in [-0.1, -0.05) is 0 Å². The summed E-state index contributed by atoms with van der Waals surface area (Å²) in [7, 11) is 1.99. The molecule has 0 saturated carbocycles. The first-order chi connectivity index (χ1) is 12.7. The van der Waals surface area contributed by atoms with Crippen LogP contribution in [0.15, 0.2) is 31.1 Å². The topological polar surface area (TPSA) is 85.6 Å². The van der Waals surface area contributed by atoms with Crippen LogP contribution in [0, 0.1) is 0 Å². The standard InChI is InChI=1S/C17H22N6O3/c1-21-3-2-20-15(21)8-22-4-5-25-12-17(10-22)11-23(16(24)9-26-17)14-6-18-13-19-7-14/h2-3,6-7,13H,4-5,8-12H2,1H3. The molecule has 9 heteroatoms. The van der Waals surface area contributed by atoms with Gasteiger partial charge in [0.25, 0.3) is 5.91 Å². The third kappa shape index (κ3) is 3.46. The number of morpholine rings is 1. The van der Waals surface area contributed by atoms with Crippen LogP contribution in [0.3, 0.4) is 0 Å². The van der Waals surface area contributed by atoms with Gasteiger partial charge >= 0.3 is 0 Å². The van der Waals surface area contributed by atoms with E-state index in [0.29, 0.717) is 38.5 Å². The second-order valence-electron chi connectivity index (χ2n) is 6.77. The highest BCUT2D eigenvalue weighted by molar-refractivity contribution is 5.94. The van der Waals surface area contributed by atoms with Gasteiger partial charge in [-0.2, -0.15) is 0 Å². The number of anilines is 1. The molecule has 2 saturated heterocycles. The molecule has 1 spiro atoms. The van der Waals surface area contributed by atoms with Crippen molar-refractivity contribution in [2.24, 2.45) is 7.05 Å². The molecule has 2 aromatic rings. The maximum atomic E-state index is 12.4. The van der Waals surface area contributed by atoms with Crippen LogP contribution in [0.25, 0.3) is 0 Å². The van der Waals surface area contributed by atoms with Crippen molar-refractivity contribution in [2.45, 2.75) is 12.1 Å². The van der Waals surface area contributed by atoms with Crippen LogP contribution in [0.4, 0.5) is 5.69 Å². The molecule has 9 nitrogen and oxygen atoms in total. The normalized spacial score (nSPS) is 24.8. The molecule has 2 aromatic heterocycles. The fourth-order valence-electron chi connectivity index (χ4n) is 3.43. The zero-order valence-corrected chi connectivity index (χ0v) is 14.7. The highest BCUT2D eigenvalue weighted by atomic mass is 16.6. The summed E-state index contributed by atoms with van der Waals surface area (Å²) in [5, 5.41) is 0. The molecule has 0 bridgehead atoms. The van der Waals surface area contributed by atoms with Gasteiger partial charge in [-0.05, 0) is 0 Å². The maximum Gasteiger partial charge on any atom is 0.253 e. The molecule has 0 radical (unpaired) electrons. The first-order valence-corrected chi connectivity index (χ1v) is 8.61. The summed E-state index contributed by atoms with van der Waals surface area (Å²) in [5.74, 6) is 0.896. The molecule has 2 aliphatic heterocycles. The van der Waals surface area contributed by atoms with Crippen LogP contribution in [-0.2, 0) is 27.9 Å². The van der Waals surface area contributed by atoms with Crippen LogP contribution in [0.1, 0.15) is 5.82 Å². The third-order valence-electron chi connectivity index (χ3n) is 4.82. The van der Waals surface area contributed by atoms with Gasteiger partial charge in [0.1, 0.15) is 24.4 Å². The number of aryl methyl sites for hydroxylation is 1. The average molecular weight is 358 g/mol. The minimum atomic E-state index is -0.578. The summed E-state index contributed by atoms with van der Waals surface area (Å²) in [5.41, 5.74) is 0.103. The number of rotatable bonds is 3. The Morgan fingerprint density at radius 3 is 2.88 bits per heavy atom. The van der Waals surface area contributed by atoms with E-state index >= 15 is 0 Å². The van der Waals surface area contributed by atoms with Crippen molar-refractivity contribution in [1.29, 1.82) is 0 Å². The third-order valence-corrected chi connectivity index (χ3v) is 4.82. The van der Waals surface area contributed by atoms with E-state index in [0.717, 1.165) is 12.4 Å². The van der Waals surface area contributed by atoms with Crippen molar-refractivity contribution in [3.05, 3.63) is 36.9 Å². The monoisotopic (exact) mass is 358 g/mol. The zero-order valence-electron chi connectivity index (χ0n) is 14.7. The van der Waals surface area contributed by atoms with Crippen molar-refractivity contribution in [3.63, 3.8) is 0 Å². The van der Waals surface area contributed by atoms with E-state index in [1.54, 1.807) is 23.5 Å². The lowest BCUT2D eigenvalue weighted by Gasteiger charge is -2.42. The predicted molar refractivity (Wildman–Crippen MR) is 92.4 cm³/mol. The second-order valence-corrected chi connectivity index (χ2v) is 6.77. The number of carbonyl (C=O) groups is 1. The number of hydrogen-bond donors (Lipinski definition) is 0. The van der Waals surface area contributed by atoms with Crippen molar-refractivity contribution in [1.82, 2.24) is 24.4 Å². The Labute approximate surface area is 151 Å². The molecule has 2 aliphatic rings. The number of carbonyl (C=O) groups excluding carboxylic acids is 1. The van der Waals surface area contributed by atoms with Crippen molar-refractivity contribution in [3.8, 4) is 0 Å². The van der Waals surface area contributed by atoms with Crippen LogP contribution in [0.5, 0.6) is 0 Å². The summed E-state index contributed by atoms with van der Waals surface area (Å²) >= 11 is 0. The van der Waals surface area contributed by atoms with E-state index in [2.05, 4.69) is 19.9 Å². The molecule has 0 aliphatic carbocycles. The SMILES string of the molecule is Cn1ccnc1CN1CCOCC2(C1)CN(c1cncnc1)C(=O)CO2. The molecule has 0 N–H and O–H groups in total. The average Bonchev–Trinajstić information content (AvgIpc) is 2.95. The molecule has 4 rings (SSSR count). The molecule has 138 valence electrons. The Hall–Kier alpha value is -2.36. The van der Waals surface area contributed by atoms with Crippen molar-refractivity contribution >= 4 is 11.6 Å². The number of imidazole rings is 1. The van der Waals surface area contributed by atoms with Gasteiger partial charge in [0.05, 0.1) is 44.4 Å². The van der Waals surface area contributed by atoms with Crippen LogP contribution >= 0.6 is 0 Å². The molecule has 4 heterocycles. The number of amides is 1. The minimum absolute atomic E-state index is 0.0223. The predicted octanol–water partition coefficient (Wildman–Crippen LogP) is -0.155. The van der Waals surface area contributed by atoms with E-state index in [-0.39, 0.29) is 12.5 Å². The van der Waals surface area contributed by atoms with Gasteiger partial charge < -0.3 is 18.9 Å². The van der Waals surface area contributed by atoms with E-state index in [4.69, 9.17) is 9.47 Å². The molecular weight excluding hydrogens is 336 g/mol. The first-order valence-electron chi connectivity index (χ1n) is 8.61. The van der Waals surface area contributed by atoms with E-state index in [1.165, 1.54) is 6.33 Å². The second kappa shape index (κ2) is 7.10. The molecule has 1 atom stereocenters. The molecule has 1 amide bonds. The summed E-state index contributed by atoms with van der Waals surface area (Å²) in [6.07, 6.45) is 8.48. The highest BCUT2D eigenvalue weighted by Gasteiger charge is 2.43. The lowest BCUT2D eigenvalue weighted by molar-refractivity contribution is -0.146. The summed E-state index contributed by atoms with van der Waals surface area (Å²) in [6.45, 7) is 3.67. The van der Waals surface area contributed by atoms with Gasteiger partial charge in [-0.3, -0.25) is 9.69 Å². The van der Waals surface area contributed by atoms with Crippen LogP contribution < -0.4 is 4.90 Å². The maximum absolute atomic E-state index is 12.4. The molecule has 26 heavy (non-hydrogen) atoms. The van der Waals surface area contributed by atoms with Crippen molar-refractivity contribution < 1.29 is 14.3 Å². The van der Waals surface area contributed by atoms with Crippen LogP contribution in [-0.4, -0.2) is 75.4 Å². The lowest BCUT2D eigenvalue weighted by Crippen LogP contribution is -2.60. The Morgan fingerprint density at radius 2 is 2.12 bits per heavy atom. The van der Waals surface area contributed by atoms with E-state index in [9.17, 15) is 4.79 Å².